The number of rotatable bonds is 4. The number of nitrogen functional groups attached to an aromatic ring is 1. The Bertz CT molecular complexity index is 1570. The number of ketones is 1. The predicted octanol–water partition coefficient (Wildman–Crippen LogP) is 2.85. The number of aryl methyl sites for hydroxylation is 1. The lowest BCUT2D eigenvalue weighted by atomic mass is 10.1. The number of likely N-dealkylation sites (tertiary alicyclic amines) is 1. The van der Waals surface area contributed by atoms with Crippen LogP contribution < -0.4 is 5.73 Å². The van der Waals surface area contributed by atoms with Crippen LogP contribution in [0, 0.1) is 11.8 Å². The maximum atomic E-state index is 12.8. The van der Waals surface area contributed by atoms with Gasteiger partial charge in [0.1, 0.15) is 11.5 Å². The molecular formula is C26H25N7O2. The van der Waals surface area contributed by atoms with Crippen LogP contribution >= 0.6 is 0 Å². The number of aromatic nitrogens is 5. The largest absolute Gasteiger partial charge is 0.383 e. The number of benzene rings is 1. The molecule has 4 aromatic rings. The molecule has 2 N–H and O–H groups in total. The minimum absolute atomic E-state index is 0.0548. The van der Waals surface area contributed by atoms with Crippen LogP contribution in [0.25, 0.3) is 21.9 Å². The highest BCUT2D eigenvalue weighted by Crippen LogP contribution is 2.32. The van der Waals surface area contributed by atoms with Gasteiger partial charge in [-0.1, -0.05) is 19.4 Å². The molecule has 1 aliphatic rings. The van der Waals surface area contributed by atoms with Crippen LogP contribution in [-0.4, -0.2) is 54.0 Å². The number of pyridine rings is 1. The number of hydrogen-bond donors (Lipinski definition) is 1. The number of amides is 1. The number of anilines is 1. The lowest BCUT2D eigenvalue weighted by Crippen LogP contribution is -2.27. The number of fused-ring (bicyclic) bond motifs is 2. The molecule has 0 spiro atoms. The molecule has 0 bridgehead atoms. The number of nitrogens with two attached hydrogens (primary N) is 1. The Morgan fingerprint density at radius 1 is 1.29 bits per heavy atom. The van der Waals surface area contributed by atoms with Crippen molar-refractivity contribution < 1.29 is 9.59 Å². The molecule has 0 aliphatic carbocycles. The van der Waals surface area contributed by atoms with Crippen LogP contribution in [0.4, 0.5) is 5.82 Å². The van der Waals surface area contributed by atoms with Gasteiger partial charge in [0.05, 0.1) is 39.9 Å². The van der Waals surface area contributed by atoms with Crippen molar-refractivity contribution in [3.05, 3.63) is 60.2 Å². The smallest absolute Gasteiger partial charge is 0.246 e. The van der Waals surface area contributed by atoms with E-state index in [1.54, 1.807) is 22.8 Å². The minimum Gasteiger partial charge on any atom is -0.383 e. The van der Waals surface area contributed by atoms with E-state index in [1.807, 2.05) is 29.8 Å². The van der Waals surface area contributed by atoms with Gasteiger partial charge in [0.15, 0.2) is 5.78 Å². The molecule has 1 saturated heterocycles. The molecular weight excluding hydrogens is 442 g/mol. The second-order valence-electron chi connectivity index (χ2n) is 8.59. The summed E-state index contributed by atoms with van der Waals surface area (Å²) in [6, 6.07) is 5.71. The van der Waals surface area contributed by atoms with Crippen molar-refractivity contribution in [3.63, 3.8) is 0 Å². The molecule has 176 valence electrons. The summed E-state index contributed by atoms with van der Waals surface area (Å²) in [6.07, 6.45) is 5.60. The number of carbonyl (C=O) groups is 2. The average molecular weight is 468 g/mol. The summed E-state index contributed by atoms with van der Waals surface area (Å²) in [5.74, 6) is 6.39. The average Bonchev–Trinajstić information content (AvgIpc) is 3.59. The van der Waals surface area contributed by atoms with Crippen molar-refractivity contribution in [3.8, 4) is 11.8 Å². The van der Waals surface area contributed by atoms with Crippen LogP contribution in [0.5, 0.6) is 0 Å². The zero-order chi connectivity index (χ0) is 24.7. The predicted molar refractivity (Wildman–Crippen MR) is 134 cm³/mol. The Morgan fingerprint density at radius 2 is 2.11 bits per heavy atom. The Kier molecular flexibility index (Phi) is 5.57. The molecule has 9 nitrogen and oxygen atoms in total. The Labute approximate surface area is 202 Å². The van der Waals surface area contributed by atoms with E-state index >= 15 is 0 Å². The molecule has 0 unspecified atom stereocenters. The summed E-state index contributed by atoms with van der Waals surface area (Å²) in [7, 11) is 1.94. The van der Waals surface area contributed by atoms with Crippen molar-refractivity contribution >= 4 is 39.4 Å². The third-order valence-corrected chi connectivity index (χ3v) is 6.42. The number of carbonyl (C=O) groups excluding carboxylic acids is 2. The molecule has 0 saturated carbocycles. The van der Waals surface area contributed by atoms with Gasteiger partial charge in [-0.25, -0.2) is 9.97 Å². The first-order valence-corrected chi connectivity index (χ1v) is 11.5. The fraction of sp³-hybridized carbons (Fsp3) is 0.269. The van der Waals surface area contributed by atoms with E-state index in [4.69, 9.17) is 10.8 Å². The summed E-state index contributed by atoms with van der Waals surface area (Å²) >= 11 is 0. The molecule has 1 aliphatic heterocycles. The van der Waals surface area contributed by atoms with Gasteiger partial charge in [0, 0.05) is 38.3 Å². The van der Waals surface area contributed by atoms with Gasteiger partial charge in [0.2, 0.25) is 5.91 Å². The van der Waals surface area contributed by atoms with Crippen molar-refractivity contribution in [2.45, 2.75) is 25.8 Å². The zero-order valence-electron chi connectivity index (χ0n) is 19.7. The molecule has 1 atom stereocenters. The highest BCUT2D eigenvalue weighted by molar-refractivity contribution is 6.10. The number of Topliss-reactive ketones (excluding diaryl/α,β-unsaturated/α-hetero) is 1. The van der Waals surface area contributed by atoms with Crippen molar-refractivity contribution in [2.24, 2.45) is 7.05 Å². The number of imidazole rings is 1. The standard InChI is InChI=1S/C26H25N7O2/c1-4-22(34)18-13-28-26(27)24-19(8-6-16-7-9-21-20(12-16)29-15-31(21)3)30-33(25(18)24)17-10-11-32(14-17)23(35)5-2/h5,7,9,12-13,15,17H,2,4,10-11,14H2,1,3H3,(H2,27,28)/t17-/m0/s1. The van der Waals surface area contributed by atoms with Gasteiger partial charge >= 0.3 is 0 Å². The third kappa shape index (κ3) is 3.83. The third-order valence-electron chi connectivity index (χ3n) is 6.42. The summed E-state index contributed by atoms with van der Waals surface area (Å²) in [6.45, 7) is 6.44. The summed E-state index contributed by atoms with van der Waals surface area (Å²) in [5.41, 5.74) is 10.5. The Balaban J connectivity index is 1.64. The SMILES string of the molecule is C=CC(=O)N1CC[C@H](n2nc(C#Cc3ccc4c(c3)ncn4C)c3c(N)ncc(C(=O)CC)c32)C1. The summed E-state index contributed by atoms with van der Waals surface area (Å²) in [4.78, 5) is 35.3. The fourth-order valence-corrected chi connectivity index (χ4v) is 4.56. The van der Waals surface area contributed by atoms with E-state index in [2.05, 4.69) is 28.4 Å². The molecule has 0 radical (unpaired) electrons. The Hall–Kier alpha value is -4.45. The monoisotopic (exact) mass is 467 g/mol. The van der Waals surface area contributed by atoms with Crippen molar-refractivity contribution in [2.75, 3.05) is 18.8 Å². The molecule has 1 amide bonds. The van der Waals surface area contributed by atoms with E-state index in [0.717, 1.165) is 16.6 Å². The second kappa shape index (κ2) is 8.72. The maximum Gasteiger partial charge on any atom is 0.246 e. The highest BCUT2D eigenvalue weighted by Gasteiger charge is 2.30. The number of nitrogens with zero attached hydrogens (tertiary/aromatic N) is 6. The van der Waals surface area contributed by atoms with Crippen LogP contribution in [0.2, 0.25) is 0 Å². The van der Waals surface area contributed by atoms with E-state index in [0.29, 0.717) is 48.1 Å². The lowest BCUT2D eigenvalue weighted by molar-refractivity contribution is -0.125. The van der Waals surface area contributed by atoms with Gasteiger partial charge in [-0.05, 0) is 36.6 Å². The van der Waals surface area contributed by atoms with E-state index < -0.39 is 0 Å². The van der Waals surface area contributed by atoms with Gasteiger partial charge in [0.25, 0.3) is 0 Å². The van der Waals surface area contributed by atoms with E-state index in [-0.39, 0.29) is 23.6 Å². The molecule has 4 heterocycles. The molecule has 9 heteroatoms. The van der Waals surface area contributed by atoms with E-state index in [9.17, 15) is 9.59 Å². The van der Waals surface area contributed by atoms with Crippen LogP contribution in [0.3, 0.4) is 0 Å². The lowest BCUT2D eigenvalue weighted by Gasteiger charge is -2.16. The van der Waals surface area contributed by atoms with Crippen LogP contribution in [-0.2, 0) is 11.8 Å². The maximum absolute atomic E-state index is 12.8. The van der Waals surface area contributed by atoms with Gasteiger partial charge in [-0.3, -0.25) is 14.3 Å². The molecule has 1 fully saturated rings. The molecule has 3 aromatic heterocycles. The molecule has 35 heavy (non-hydrogen) atoms. The molecule has 1 aromatic carbocycles. The van der Waals surface area contributed by atoms with Crippen molar-refractivity contribution in [1.29, 1.82) is 0 Å². The first-order chi connectivity index (χ1) is 16.9. The quantitative estimate of drug-likeness (QED) is 0.281. The second-order valence-corrected chi connectivity index (χ2v) is 8.59. The van der Waals surface area contributed by atoms with Gasteiger partial charge < -0.3 is 15.2 Å². The zero-order valence-corrected chi connectivity index (χ0v) is 19.7. The first-order valence-electron chi connectivity index (χ1n) is 11.5. The van der Waals surface area contributed by atoms with Crippen LogP contribution in [0.1, 0.15) is 47.4 Å². The summed E-state index contributed by atoms with van der Waals surface area (Å²) in [5, 5.41) is 5.36. The van der Waals surface area contributed by atoms with Gasteiger partial charge in [-0.2, -0.15) is 5.10 Å². The first kappa shape index (κ1) is 22.3. The van der Waals surface area contributed by atoms with Crippen molar-refractivity contribution in [1.82, 2.24) is 29.2 Å². The Morgan fingerprint density at radius 3 is 2.89 bits per heavy atom. The topological polar surface area (TPSA) is 112 Å². The normalized spacial score (nSPS) is 15.4. The van der Waals surface area contributed by atoms with E-state index in [1.165, 1.54) is 12.3 Å². The minimum atomic E-state index is -0.125. The summed E-state index contributed by atoms with van der Waals surface area (Å²) < 4.78 is 3.75. The number of hydrogen-bond acceptors (Lipinski definition) is 6. The fourth-order valence-electron chi connectivity index (χ4n) is 4.56. The van der Waals surface area contributed by atoms with Crippen LogP contribution in [0.15, 0.2) is 43.4 Å². The highest BCUT2D eigenvalue weighted by atomic mass is 16.2. The van der Waals surface area contributed by atoms with Gasteiger partial charge in [-0.15, -0.1) is 0 Å². The molecule has 5 rings (SSSR count).